The number of rotatable bonds is 5. The Balaban J connectivity index is 2.61. The van der Waals surface area contributed by atoms with E-state index in [9.17, 15) is 18.1 Å². The summed E-state index contributed by atoms with van der Waals surface area (Å²) in [6.07, 6.45) is 3.99. The van der Waals surface area contributed by atoms with E-state index in [1.54, 1.807) is 0 Å². The lowest BCUT2D eigenvalue weighted by molar-refractivity contribution is 0.0119. The molecule has 0 saturated heterocycles. The monoisotopic (exact) mass is 344 g/mol. The number of aromatic nitrogens is 3. The van der Waals surface area contributed by atoms with Gasteiger partial charge in [0.05, 0.1) is 11.8 Å². The second-order valence-corrected chi connectivity index (χ2v) is 8.12. The van der Waals surface area contributed by atoms with Gasteiger partial charge in [0.1, 0.15) is 29.9 Å². The summed E-state index contributed by atoms with van der Waals surface area (Å²) in [4.78, 5) is 3.77. The molecule has 0 fully saturated rings. The van der Waals surface area contributed by atoms with Crippen LogP contribution in [0.2, 0.25) is 0 Å². The molecule has 0 aliphatic carbocycles. The second-order valence-electron chi connectivity index (χ2n) is 5.33. The van der Waals surface area contributed by atoms with Gasteiger partial charge in [-0.3, -0.25) is 0 Å². The predicted molar refractivity (Wildman–Crippen MR) is 82.2 cm³/mol. The standard InChI is InChI=1S/C14H18F2N4O2S/c1-10(23(3,22)17-2)14(21,7-20-9-18-8-19-20)12-5-4-11(15)6-13(12)16/h4-6,8-10,21H,7H2,1-3H3/t10-,14-,23?/m1/s1. The minimum Gasteiger partial charge on any atom is -0.382 e. The molecular weight excluding hydrogens is 326 g/mol. The fourth-order valence-electron chi connectivity index (χ4n) is 2.35. The highest BCUT2D eigenvalue weighted by atomic mass is 32.2. The molecule has 0 radical (unpaired) electrons. The van der Waals surface area contributed by atoms with E-state index < -0.39 is 32.2 Å². The average molecular weight is 344 g/mol. The summed E-state index contributed by atoms with van der Waals surface area (Å²) in [6, 6.07) is 2.86. The zero-order valence-electron chi connectivity index (χ0n) is 13.0. The molecule has 1 N–H and O–H groups in total. The topological polar surface area (TPSA) is 80.4 Å². The molecule has 0 saturated carbocycles. The molecular formula is C14H18F2N4O2S. The number of benzene rings is 1. The first-order valence-electron chi connectivity index (χ1n) is 6.80. The van der Waals surface area contributed by atoms with Gasteiger partial charge >= 0.3 is 0 Å². The third-order valence-corrected chi connectivity index (χ3v) is 6.39. The number of hydrogen-bond donors (Lipinski definition) is 1. The van der Waals surface area contributed by atoms with Crippen molar-refractivity contribution in [1.82, 2.24) is 14.8 Å². The van der Waals surface area contributed by atoms with Crippen molar-refractivity contribution < 1.29 is 18.1 Å². The molecule has 0 spiro atoms. The van der Waals surface area contributed by atoms with Crippen molar-refractivity contribution in [3.8, 4) is 0 Å². The highest BCUT2D eigenvalue weighted by Crippen LogP contribution is 2.33. The van der Waals surface area contributed by atoms with Crippen molar-refractivity contribution in [3.05, 3.63) is 48.1 Å². The van der Waals surface area contributed by atoms with E-state index in [0.29, 0.717) is 6.07 Å². The van der Waals surface area contributed by atoms with Crippen LogP contribution in [0.15, 0.2) is 35.2 Å². The molecule has 2 aromatic rings. The van der Waals surface area contributed by atoms with Crippen LogP contribution in [0, 0.1) is 11.6 Å². The molecule has 1 heterocycles. The van der Waals surface area contributed by atoms with Crippen LogP contribution in [0.4, 0.5) is 8.78 Å². The van der Waals surface area contributed by atoms with Gasteiger partial charge in [-0.25, -0.2) is 27.0 Å². The molecule has 0 aliphatic rings. The lowest BCUT2D eigenvalue weighted by atomic mass is 9.90. The largest absolute Gasteiger partial charge is 0.382 e. The smallest absolute Gasteiger partial charge is 0.137 e. The molecule has 0 bridgehead atoms. The second kappa shape index (κ2) is 6.32. The van der Waals surface area contributed by atoms with Crippen molar-refractivity contribution in [1.29, 1.82) is 0 Å². The lowest BCUT2D eigenvalue weighted by Gasteiger charge is -2.35. The molecule has 23 heavy (non-hydrogen) atoms. The van der Waals surface area contributed by atoms with Crippen LogP contribution in [0.3, 0.4) is 0 Å². The maximum absolute atomic E-state index is 14.3. The fraction of sp³-hybridized carbons (Fsp3) is 0.429. The van der Waals surface area contributed by atoms with E-state index >= 15 is 0 Å². The van der Waals surface area contributed by atoms with Gasteiger partial charge in [-0.15, -0.1) is 0 Å². The first-order valence-corrected chi connectivity index (χ1v) is 8.78. The Labute approximate surface area is 133 Å². The minimum atomic E-state index is -2.83. The maximum atomic E-state index is 14.3. The van der Waals surface area contributed by atoms with E-state index in [1.165, 1.54) is 37.6 Å². The molecule has 1 unspecified atom stereocenters. The Morgan fingerprint density at radius 1 is 1.48 bits per heavy atom. The van der Waals surface area contributed by atoms with E-state index in [1.807, 2.05) is 0 Å². The van der Waals surface area contributed by atoms with Gasteiger partial charge in [0.2, 0.25) is 0 Å². The molecule has 6 nitrogen and oxygen atoms in total. The summed E-state index contributed by atoms with van der Waals surface area (Å²) in [7, 11) is -1.46. The van der Waals surface area contributed by atoms with Crippen molar-refractivity contribution in [2.24, 2.45) is 4.36 Å². The van der Waals surface area contributed by atoms with Gasteiger partial charge < -0.3 is 5.11 Å². The lowest BCUT2D eigenvalue weighted by Crippen LogP contribution is -2.46. The SMILES string of the molecule is CN=S(C)(=O)[C@H](C)[C@](O)(Cn1cncn1)c1ccc(F)cc1F. The van der Waals surface area contributed by atoms with E-state index in [-0.39, 0.29) is 12.1 Å². The van der Waals surface area contributed by atoms with Gasteiger partial charge in [0.15, 0.2) is 0 Å². The average Bonchev–Trinajstić information content (AvgIpc) is 2.98. The highest BCUT2D eigenvalue weighted by molar-refractivity contribution is 7.93. The van der Waals surface area contributed by atoms with Gasteiger partial charge in [0.25, 0.3) is 0 Å². The summed E-state index contributed by atoms with van der Waals surface area (Å²) >= 11 is 0. The molecule has 2 rings (SSSR count). The summed E-state index contributed by atoms with van der Waals surface area (Å²) in [5, 5.41) is 14.1. The van der Waals surface area contributed by atoms with Crippen LogP contribution in [0.5, 0.6) is 0 Å². The van der Waals surface area contributed by atoms with Gasteiger partial charge in [-0.2, -0.15) is 5.10 Å². The predicted octanol–water partition coefficient (Wildman–Crippen LogP) is 1.56. The molecule has 1 aromatic heterocycles. The first-order chi connectivity index (χ1) is 10.7. The number of aliphatic hydroxyl groups is 1. The molecule has 0 aliphatic heterocycles. The summed E-state index contributed by atoms with van der Waals surface area (Å²) in [5.74, 6) is -1.69. The third-order valence-electron chi connectivity index (χ3n) is 3.96. The van der Waals surface area contributed by atoms with E-state index in [0.717, 1.165) is 12.1 Å². The van der Waals surface area contributed by atoms with Crippen molar-refractivity contribution >= 4 is 9.73 Å². The maximum Gasteiger partial charge on any atom is 0.137 e. The van der Waals surface area contributed by atoms with Crippen LogP contribution >= 0.6 is 0 Å². The molecule has 9 heteroatoms. The van der Waals surface area contributed by atoms with Crippen LogP contribution in [0.1, 0.15) is 12.5 Å². The van der Waals surface area contributed by atoms with Crippen LogP contribution < -0.4 is 0 Å². The quantitative estimate of drug-likeness (QED) is 0.893. The summed E-state index contributed by atoms with van der Waals surface area (Å²) in [6.45, 7) is 1.31. The molecule has 126 valence electrons. The van der Waals surface area contributed by atoms with E-state index in [4.69, 9.17) is 0 Å². The summed E-state index contributed by atoms with van der Waals surface area (Å²) in [5.41, 5.74) is -2.07. The summed E-state index contributed by atoms with van der Waals surface area (Å²) < 4.78 is 45.2. The molecule has 1 aromatic carbocycles. The van der Waals surface area contributed by atoms with Crippen LogP contribution in [-0.2, 0) is 21.9 Å². The number of halogens is 2. The Morgan fingerprint density at radius 3 is 2.70 bits per heavy atom. The molecule has 0 amide bonds. The number of nitrogens with zero attached hydrogens (tertiary/aromatic N) is 4. The zero-order valence-corrected chi connectivity index (χ0v) is 13.8. The fourth-order valence-corrected chi connectivity index (χ4v) is 3.60. The molecule has 3 atom stereocenters. The Morgan fingerprint density at radius 2 is 2.17 bits per heavy atom. The first kappa shape index (κ1) is 17.5. The van der Waals surface area contributed by atoms with Crippen LogP contribution in [-0.4, -0.2) is 42.6 Å². The van der Waals surface area contributed by atoms with Crippen molar-refractivity contribution in [3.63, 3.8) is 0 Å². The minimum absolute atomic E-state index is 0.167. The van der Waals surface area contributed by atoms with Crippen molar-refractivity contribution in [2.75, 3.05) is 13.3 Å². The van der Waals surface area contributed by atoms with Gasteiger partial charge in [-0.1, -0.05) is 6.07 Å². The zero-order chi connectivity index (χ0) is 17.3. The Kier molecular flexibility index (Phi) is 4.81. The van der Waals surface area contributed by atoms with Crippen LogP contribution in [0.25, 0.3) is 0 Å². The van der Waals surface area contributed by atoms with E-state index in [2.05, 4.69) is 14.4 Å². The van der Waals surface area contributed by atoms with Gasteiger partial charge in [0, 0.05) is 34.7 Å². The highest BCUT2D eigenvalue weighted by Gasteiger charge is 2.43. The normalized spacial score (nSPS) is 18.0. The Bertz CT molecular complexity index is 803. The van der Waals surface area contributed by atoms with Gasteiger partial charge in [-0.05, 0) is 13.0 Å². The van der Waals surface area contributed by atoms with Crippen molar-refractivity contribution in [2.45, 2.75) is 24.3 Å². The Hall–Kier alpha value is -1.87. The number of hydrogen-bond acceptors (Lipinski definition) is 5. The third kappa shape index (κ3) is 3.40.